The number of aryl methyl sites for hydroxylation is 1. The van der Waals surface area contributed by atoms with Gasteiger partial charge in [0.05, 0.1) is 21.1 Å². The summed E-state index contributed by atoms with van der Waals surface area (Å²) in [6.45, 7) is 2.66. The number of quaternary nitrogens is 1. The van der Waals surface area contributed by atoms with Gasteiger partial charge in [-0.05, 0) is 31.0 Å². The van der Waals surface area contributed by atoms with E-state index < -0.39 is 0 Å². The van der Waals surface area contributed by atoms with Gasteiger partial charge in [0, 0.05) is 18.1 Å². The lowest BCUT2D eigenvalue weighted by Crippen LogP contribution is -2.33. The number of hydrogen-bond acceptors (Lipinski definition) is 3. The molecule has 94 valence electrons. The van der Waals surface area contributed by atoms with E-state index >= 15 is 0 Å². The van der Waals surface area contributed by atoms with Crippen LogP contribution in [-0.4, -0.2) is 38.2 Å². The summed E-state index contributed by atoms with van der Waals surface area (Å²) in [4.78, 5) is 0. The maximum atomic E-state index is 11.5. The first-order valence-corrected chi connectivity index (χ1v) is 5.75. The van der Waals surface area contributed by atoms with Crippen LogP contribution in [0.4, 0.5) is 5.69 Å². The average Bonchev–Trinajstić information content (AvgIpc) is 2.14. The van der Waals surface area contributed by atoms with Gasteiger partial charge in [0.1, 0.15) is 0 Å². The van der Waals surface area contributed by atoms with Crippen molar-refractivity contribution in [2.24, 2.45) is 5.10 Å². The Morgan fingerprint density at radius 1 is 1.35 bits per heavy atom. The molecule has 0 fully saturated rings. The van der Waals surface area contributed by atoms with Gasteiger partial charge in [0.15, 0.2) is 0 Å². The van der Waals surface area contributed by atoms with E-state index in [1.54, 1.807) is 0 Å². The van der Waals surface area contributed by atoms with Crippen LogP contribution in [-0.2, 0) is 0 Å². The number of rotatable bonds is 5. The van der Waals surface area contributed by atoms with E-state index in [4.69, 9.17) is 0 Å². The van der Waals surface area contributed by atoms with Crippen LogP contribution in [0.3, 0.4) is 0 Å². The fourth-order valence-corrected chi connectivity index (χ4v) is 1.45. The molecule has 0 heterocycles. The summed E-state index contributed by atoms with van der Waals surface area (Å²) in [6, 6.07) is 8.09. The van der Waals surface area contributed by atoms with Gasteiger partial charge in [-0.2, -0.15) is 0 Å². The van der Waals surface area contributed by atoms with Crippen molar-refractivity contribution in [2.75, 3.05) is 33.0 Å². The van der Waals surface area contributed by atoms with Crippen LogP contribution >= 0.6 is 0 Å². The van der Waals surface area contributed by atoms with Gasteiger partial charge < -0.3 is 10.4 Å². The molecule has 1 rings (SSSR count). The highest BCUT2D eigenvalue weighted by Gasteiger charge is 2.02. The Morgan fingerprint density at radius 3 is 2.65 bits per heavy atom. The van der Waals surface area contributed by atoms with E-state index in [9.17, 15) is 5.11 Å². The third-order valence-corrected chi connectivity index (χ3v) is 2.10. The van der Waals surface area contributed by atoms with E-state index in [1.807, 2.05) is 46.3 Å². The van der Waals surface area contributed by atoms with Gasteiger partial charge in [0.2, 0.25) is 0 Å². The fourth-order valence-electron chi connectivity index (χ4n) is 1.45. The van der Waals surface area contributed by atoms with Crippen molar-refractivity contribution >= 4 is 11.6 Å². The maximum Gasteiger partial charge on any atom is 0.0923 e. The molecule has 4 nitrogen and oxygen atoms in total. The molecule has 0 aliphatic carbocycles. The molecule has 1 aromatic rings. The van der Waals surface area contributed by atoms with Crippen LogP contribution in [0.1, 0.15) is 12.0 Å². The van der Waals surface area contributed by atoms with Gasteiger partial charge in [-0.1, -0.05) is 12.1 Å². The summed E-state index contributed by atoms with van der Waals surface area (Å²) in [5.74, 6) is -0.0716. The number of anilines is 1. The first-order valence-electron chi connectivity index (χ1n) is 5.75. The summed E-state index contributed by atoms with van der Waals surface area (Å²) in [7, 11) is 5.60. The van der Waals surface area contributed by atoms with Gasteiger partial charge in [-0.3, -0.25) is 0 Å². The van der Waals surface area contributed by atoms with Crippen molar-refractivity contribution in [1.29, 1.82) is 0 Å². The number of benzene rings is 1. The van der Waals surface area contributed by atoms with E-state index in [0.717, 1.165) is 5.69 Å². The quantitative estimate of drug-likeness (QED) is 0.360. The van der Waals surface area contributed by atoms with Crippen molar-refractivity contribution in [3.63, 3.8) is 0 Å². The summed E-state index contributed by atoms with van der Waals surface area (Å²) < 4.78 is 0.323. The zero-order valence-corrected chi connectivity index (χ0v) is 11.0. The van der Waals surface area contributed by atoms with Crippen molar-refractivity contribution in [3.8, 4) is 0 Å². The third-order valence-electron chi connectivity index (χ3n) is 2.10. The molecule has 0 saturated carbocycles. The molecule has 0 unspecified atom stereocenters. The predicted molar refractivity (Wildman–Crippen MR) is 69.8 cm³/mol. The Hall–Kier alpha value is -1.55. The molecular formula is C13H21N3O. The van der Waals surface area contributed by atoms with Gasteiger partial charge >= 0.3 is 0 Å². The van der Waals surface area contributed by atoms with Crippen molar-refractivity contribution in [1.82, 2.24) is 0 Å². The maximum absolute atomic E-state index is 11.5. The fraction of sp³-hybridized carbons (Fsp3) is 0.462. The van der Waals surface area contributed by atoms with Crippen LogP contribution in [0.25, 0.3) is 0 Å². The largest absolute Gasteiger partial charge is 0.858 e. The van der Waals surface area contributed by atoms with E-state index in [2.05, 4.69) is 16.5 Å². The second-order valence-electron chi connectivity index (χ2n) is 4.98. The highest BCUT2D eigenvalue weighted by molar-refractivity contribution is 5.71. The van der Waals surface area contributed by atoms with Crippen LogP contribution in [0.2, 0.25) is 0 Å². The minimum absolute atomic E-state index is 0.0716. The number of nitrogens with zero attached hydrogens (tertiary/aromatic N) is 2. The van der Waals surface area contributed by atoms with Crippen molar-refractivity contribution in [3.05, 3.63) is 29.8 Å². The van der Waals surface area contributed by atoms with E-state index in [-0.39, 0.29) is 5.90 Å². The predicted octanol–water partition coefficient (Wildman–Crippen LogP) is 1.18. The van der Waals surface area contributed by atoms with Crippen LogP contribution in [0, 0.1) is 6.92 Å². The second kappa shape index (κ2) is 5.68. The standard InChI is InChI=1S/C13H21N3O/c1-11-6-5-7-12(10-11)14-9-8-13(17)15-16(2,3)4/h5-7,10,14H,8-9H2,1-4H3. The Labute approximate surface area is 103 Å². The molecule has 0 saturated heterocycles. The highest BCUT2D eigenvalue weighted by atomic mass is 16.3. The molecule has 1 aromatic carbocycles. The molecule has 0 radical (unpaired) electrons. The van der Waals surface area contributed by atoms with Crippen molar-refractivity contribution < 1.29 is 9.70 Å². The normalized spacial score (nSPS) is 12.6. The Morgan fingerprint density at radius 2 is 2.06 bits per heavy atom. The molecular weight excluding hydrogens is 214 g/mol. The smallest absolute Gasteiger partial charge is 0.0923 e. The van der Waals surface area contributed by atoms with Crippen LogP contribution in [0.5, 0.6) is 0 Å². The number of nitrogens with one attached hydrogen (secondary N) is 1. The van der Waals surface area contributed by atoms with Crippen LogP contribution < -0.4 is 10.4 Å². The molecule has 0 aromatic heterocycles. The lowest BCUT2D eigenvalue weighted by Gasteiger charge is -2.20. The van der Waals surface area contributed by atoms with Crippen molar-refractivity contribution in [2.45, 2.75) is 13.3 Å². The Bertz CT molecular complexity index is 394. The minimum atomic E-state index is -0.0716. The summed E-state index contributed by atoms with van der Waals surface area (Å²) in [6.07, 6.45) is 0.420. The van der Waals surface area contributed by atoms with E-state index in [1.165, 1.54) is 5.56 Å². The zero-order chi connectivity index (χ0) is 12.9. The van der Waals surface area contributed by atoms with Gasteiger partial charge in [0.25, 0.3) is 0 Å². The van der Waals surface area contributed by atoms with Gasteiger partial charge in [-0.25, -0.2) is 4.59 Å². The minimum Gasteiger partial charge on any atom is -0.858 e. The second-order valence-corrected chi connectivity index (χ2v) is 4.98. The monoisotopic (exact) mass is 235 g/mol. The molecule has 0 aliphatic heterocycles. The summed E-state index contributed by atoms with van der Waals surface area (Å²) in [5.41, 5.74) is 2.25. The molecule has 0 spiro atoms. The third kappa shape index (κ3) is 5.92. The zero-order valence-electron chi connectivity index (χ0n) is 11.0. The lowest BCUT2D eigenvalue weighted by molar-refractivity contribution is -0.878. The first-order chi connectivity index (χ1) is 7.87. The molecule has 4 heteroatoms. The number of hydrogen-bond donors (Lipinski definition) is 1. The average molecular weight is 235 g/mol. The SMILES string of the molecule is Cc1cccc(NCC/C([O-])=N\[N+](C)(C)C)c1. The first kappa shape index (κ1) is 13.5. The molecule has 0 atom stereocenters. The topological polar surface area (TPSA) is 47.4 Å². The molecule has 0 amide bonds. The Kier molecular flexibility index (Phi) is 4.52. The molecule has 0 aliphatic rings. The Balaban J connectivity index is 2.41. The highest BCUT2D eigenvalue weighted by Crippen LogP contribution is 2.09. The van der Waals surface area contributed by atoms with Gasteiger partial charge in [-0.15, -0.1) is 5.10 Å². The molecule has 0 bridgehead atoms. The molecule has 17 heavy (non-hydrogen) atoms. The summed E-state index contributed by atoms with van der Waals surface area (Å²) in [5, 5.41) is 18.7. The van der Waals surface area contributed by atoms with E-state index in [0.29, 0.717) is 17.6 Å². The lowest BCUT2D eigenvalue weighted by atomic mass is 10.2. The van der Waals surface area contributed by atoms with Crippen LogP contribution in [0.15, 0.2) is 29.4 Å². The molecule has 1 N–H and O–H groups in total. The summed E-state index contributed by atoms with van der Waals surface area (Å²) >= 11 is 0.